The standard InChI is InChI=1S/C23H26F3N7O2.C22H24F3N7O2/c1-15-20-21(31-22(28-15)33-11-3-10-32(2)12-13-33)27-14-18(30-20)29-19(34)9-6-16-4-7-17(8-5-16)35-23(24,25)26;1-14-19-20(30-21(27-14)32-11-9-31(2)10-12-32)26-13-17(29-19)28-18(33)8-5-15-3-6-16(7-4-15)34-22(23,24)25/h4-5,7-8,14H,3,6,9-13H2,1-2H3,(H,29,30,34);3-4,6-7,13H,5,8-12H2,1-2H3,(H,28,29,33). The first-order chi connectivity index (χ1) is 32.8. The molecule has 2 aliphatic rings. The highest BCUT2D eigenvalue weighted by molar-refractivity contribution is 5.91. The summed E-state index contributed by atoms with van der Waals surface area (Å²) >= 11 is 0. The van der Waals surface area contributed by atoms with Gasteiger partial charge < -0.3 is 39.7 Å². The first-order valence-corrected chi connectivity index (χ1v) is 22.0. The minimum atomic E-state index is -4.74. The zero-order chi connectivity index (χ0) is 49.3. The lowest BCUT2D eigenvalue weighted by Gasteiger charge is -2.32. The molecular formula is C45H50F6N14O4. The summed E-state index contributed by atoms with van der Waals surface area (Å²) in [5.41, 5.74) is 4.70. The number of rotatable bonds is 12. The number of nitrogens with one attached hydrogen (secondary N) is 2. The molecule has 6 aromatic rings. The normalized spacial score (nSPS) is 15.0. The van der Waals surface area contributed by atoms with Crippen LogP contribution in [-0.2, 0) is 22.4 Å². The number of ether oxygens (including phenoxy) is 2. The quantitative estimate of drug-likeness (QED) is 0.130. The van der Waals surface area contributed by atoms with Crippen molar-refractivity contribution < 1.29 is 45.4 Å². The molecule has 0 unspecified atom stereocenters. The van der Waals surface area contributed by atoms with E-state index in [9.17, 15) is 35.9 Å². The molecule has 0 spiro atoms. The number of piperazine rings is 1. The van der Waals surface area contributed by atoms with Gasteiger partial charge in [-0.15, -0.1) is 26.3 Å². The molecule has 69 heavy (non-hydrogen) atoms. The first kappa shape index (κ1) is 49.8. The Labute approximate surface area is 392 Å². The monoisotopic (exact) mass is 964 g/mol. The Morgan fingerprint density at radius 2 is 0.942 bits per heavy atom. The third-order valence-electron chi connectivity index (χ3n) is 11.1. The summed E-state index contributed by atoms with van der Waals surface area (Å²) < 4.78 is 81.2. The van der Waals surface area contributed by atoms with Crippen LogP contribution >= 0.6 is 0 Å². The molecular weight excluding hydrogens is 915 g/mol. The fourth-order valence-corrected chi connectivity index (χ4v) is 7.36. The summed E-state index contributed by atoms with van der Waals surface area (Å²) in [6, 6.07) is 10.8. The average Bonchev–Trinajstić information content (AvgIpc) is 3.52. The van der Waals surface area contributed by atoms with Gasteiger partial charge in [-0.25, -0.2) is 29.9 Å². The molecule has 6 heterocycles. The topological polar surface area (TPSA) is 193 Å². The summed E-state index contributed by atoms with van der Waals surface area (Å²) in [5.74, 6) is 0.619. The molecule has 2 amide bonds. The van der Waals surface area contributed by atoms with Gasteiger partial charge in [-0.1, -0.05) is 24.3 Å². The van der Waals surface area contributed by atoms with Crippen LogP contribution in [0.1, 0.15) is 41.8 Å². The second kappa shape index (κ2) is 21.9. The summed E-state index contributed by atoms with van der Waals surface area (Å²) in [4.78, 5) is 69.5. The van der Waals surface area contributed by atoms with Gasteiger partial charge in [0.2, 0.25) is 23.7 Å². The predicted molar refractivity (Wildman–Crippen MR) is 244 cm³/mol. The lowest BCUT2D eigenvalue weighted by Crippen LogP contribution is -2.45. The maximum Gasteiger partial charge on any atom is 0.573 e. The van der Waals surface area contributed by atoms with E-state index in [1.165, 1.54) is 60.9 Å². The van der Waals surface area contributed by atoms with E-state index in [0.717, 1.165) is 58.8 Å². The molecule has 0 aliphatic carbocycles. The Morgan fingerprint density at radius 1 is 0.551 bits per heavy atom. The number of hydrogen-bond acceptors (Lipinski definition) is 16. The lowest BCUT2D eigenvalue weighted by atomic mass is 10.1. The summed E-state index contributed by atoms with van der Waals surface area (Å²) in [6.07, 6.45) is -4.62. The van der Waals surface area contributed by atoms with E-state index in [4.69, 9.17) is 0 Å². The molecule has 2 fully saturated rings. The van der Waals surface area contributed by atoms with Gasteiger partial charge in [0, 0.05) is 58.7 Å². The maximum absolute atomic E-state index is 12.4. The Hall–Kier alpha value is -7.08. The van der Waals surface area contributed by atoms with E-state index in [-0.39, 0.29) is 47.8 Å². The third kappa shape index (κ3) is 14.7. The lowest BCUT2D eigenvalue weighted by molar-refractivity contribution is -0.275. The van der Waals surface area contributed by atoms with Gasteiger partial charge in [0.1, 0.15) is 22.5 Å². The van der Waals surface area contributed by atoms with Gasteiger partial charge >= 0.3 is 12.7 Å². The highest BCUT2D eigenvalue weighted by atomic mass is 19.4. The number of halogens is 6. The van der Waals surface area contributed by atoms with Crippen LogP contribution in [-0.4, -0.2) is 141 Å². The van der Waals surface area contributed by atoms with Gasteiger partial charge in [0.05, 0.1) is 23.8 Å². The number of likely N-dealkylation sites (N-methyl/N-ethyl adjacent to an activating group) is 2. The van der Waals surface area contributed by atoms with Crippen LogP contribution in [0.5, 0.6) is 11.5 Å². The van der Waals surface area contributed by atoms with Crippen molar-refractivity contribution >= 4 is 57.7 Å². The summed E-state index contributed by atoms with van der Waals surface area (Å²) in [7, 11) is 4.18. The Kier molecular flexibility index (Phi) is 15.8. The number of aromatic nitrogens is 8. The summed E-state index contributed by atoms with van der Waals surface area (Å²) in [5, 5.41) is 5.41. The van der Waals surface area contributed by atoms with Gasteiger partial charge in [-0.3, -0.25) is 9.59 Å². The van der Waals surface area contributed by atoms with Crippen LogP contribution in [0.3, 0.4) is 0 Å². The van der Waals surface area contributed by atoms with Gasteiger partial charge in [-0.2, -0.15) is 9.97 Å². The number of carbonyl (C=O) groups is 2. The number of aryl methyl sites for hydroxylation is 4. The van der Waals surface area contributed by atoms with Crippen LogP contribution < -0.4 is 29.9 Å². The number of benzene rings is 2. The van der Waals surface area contributed by atoms with Gasteiger partial charge in [-0.05, 0) is 89.1 Å². The SMILES string of the molecule is Cc1nc(N2CCCN(C)CC2)nc2ncc(NC(=O)CCc3ccc(OC(F)(F)F)cc3)nc12.Cc1nc(N2CCN(C)CC2)nc2ncc(NC(=O)CCc3ccc(OC(F)(F)F)cc3)nc12. The second-order valence-corrected chi connectivity index (χ2v) is 16.5. The molecule has 2 aliphatic heterocycles. The fourth-order valence-electron chi connectivity index (χ4n) is 7.36. The van der Waals surface area contributed by atoms with Gasteiger partial charge in [0.25, 0.3) is 0 Å². The zero-order valence-electron chi connectivity index (χ0n) is 38.2. The van der Waals surface area contributed by atoms with Crippen molar-refractivity contribution in [1.29, 1.82) is 0 Å². The largest absolute Gasteiger partial charge is 0.573 e. The van der Waals surface area contributed by atoms with E-state index in [0.29, 0.717) is 69.6 Å². The molecule has 0 atom stereocenters. The third-order valence-corrected chi connectivity index (χ3v) is 11.1. The average molecular weight is 965 g/mol. The van der Waals surface area contributed by atoms with Crippen molar-refractivity contribution in [2.75, 3.05) is 86.9 Å². The van der Waals surface area contributed by atoms with Crippen LogP contribution in [0.15, 0.2) is 60.9 Å². The van der Waals surface area contributed by atoms with Gasteiger partial charge in [0.15, 0.2) is 22.9 Å². The number of hydrogen-bond donors (Lipinski definition) is 2. The number of fused-ring (bicyclic) bond motifs is 2. The number of anilines is 4. The highest BCUT2D eigenvalue weighted by Crippen LogP contribution is 2.26. The summed E-state index contributed by atoms with van der Waals surface area (Å²) in [6.45, 7) is 10.9. The molecule has 2 N–H and O–H groups in total. The molecule has 0 bridgehead atoms. The fraction of sp³-hybridized carbons (Fsp3) is 0.422. The van der Waals surface area contributed by atoms with Crippen molar-refractivity contribution in [3.05, 3.63) is 83.4 Å². The van der Waals surface area contributed by atoms with Crippen LogP contribution in [0.25, 0.3) is 22.3 Å². The Morgan fingerprint density at radius 3 is 1.35 bits per heavy atom. The first-order valence-electron chi connectivity index (χ1n) is 22.0. The molecule has 18 nitrogen and oxygen atoms in total. The minimum absolute atomic E-state index is 0.122. The van der Waals surface area contributed by atoms with E-state index in [1.54, 1.807) is 0 Å². The Balaban J connectivity index is 0.000000204. The van der Waals surface area contributed by atoms with Crippen LogP contribution in [0.2, 0.25) is 0 Å². The number of alkyl halides is 6. The number of carbonyl (C=O) groups excluding carboxylic acids is 2. The van der Waals surface area contributed by atoms with Crippen molar-refractivity contribution in [2.45, 2.75) is 58.7 Å². The van der Waals surface area contributed by atoms with Crippen molar-refractivity contribution in [3.63, 3.8) is 0 Å². The predicted octanol–water partition coefficient (Wildman–Crippen LogP) is 6.29. The molecule has 4 aromatic heterocycles. The van der Waals surface area contributed by atoms with Crippen molar-refractivity contribution in [2.24, 2.45) is 0 Å². The van der Waals surface area contributed by atoms with E-state index in [1.807, 2.05) is 13.8 Å². The molecule has 366 valence electrons. The molecule has 0 saturated carbocycles. The maximum atomic E-state index is 12.4. The molecule has 2 saturated heterocycles. The second-order valence-electron chi connectivity index (χ2n) is 16.5. The molecule has 8 rings (SSSR count). The van der Waals surface area contributed by atoms with Crippen molar-refractivity contribution in [1.82, 2.24) is 49.7 Å². The van der Waals surface area contributed by atoms with E-state index >= 15 is 0 Å². The zero-order valence-corrected chi connectivity index (χ0v) is 38.2. The van der Waals surface area contributed by atoms with Crippen molar-refractivity contribution in [3.8, 4) is 11.5 Å². The number of amides is 2. The Bertz CT molecular complexity index is 2720. The minimum Gasteiger partial charge on any atom is -0.406 e. The number of nitrogens with zero attached hydrogens (tertiary/aromatic N) is 12. The van der Waals surface area contributed by atoms with E-state index in [2.05, 4.69) is 93.7 Å². The van der Waals surface area contributed by atoms with E-state index < -0.39 is 12.7 Å². The smallest absolute Gasteiger partial charge is 0.406 e. The molecule has 0 radical (unpaired) electrons. The molecule has 24 heteroatoms. The van der Waals surface area contributed by atoms with Crippen LogP contribution in [0.4, 0.5) is 49.9 Å². The molecule has 2 aromatic carbocycles. The van der Waals surface area contributed by atoms with Crippen LogP contribution in [0, 0.1) is 13.8 Å². The highest BCUT2D eigenvalue weighted by Gasteiger charge is 2.32.